The first-order valence-electron chi connectivity index (χ1n) is 5.06. The van der Waals surface area contributed by atoms with Crippen LogP contribution in [-0.4, -0.2) is 18.8 Å². The Balaban J connectivity index is 3.39. The van der Waals surface area contributed by atoms with Crippen LogP contribution >= 0.6 is 0 Å². The van der Waals surface area contributed by atoms with Crippen LogP contribution in [0.1, 0.15) is 0 Å². The molecule has 0 saturated carbocycles. The van der Waals surface area contributed by atoms with E-state index in [-0.39, 0.29) is 11.0 Å². The van der Waals surface area contributed by atoms with E-state index in [4.69, 9.17) is 5.73 Å². The van der Waals surface area contributed by atoms with Gasteiger partial charge in [-0.2, -0.15) is 0 Å². The fraction of sp³-hybridized carbons (Fsp3) is 0.300. The Kier molecular flexibility index (Phi) is 2.32. The molecule has 3 N–H and O–H groups in total. The van der Waals surface area contributed by atoms with Crippen molar-refractivity contribution in [2.24, 2.45) is 21.1 Å². The normalized spacial score (nSPS) is 11.1. The van der Waals surface area contributed by atoms with Crippen LogP contribution in [0, 0.1) is 0 Å². The molecule has 0 spiro atoms. The largest absolute Gasteiger partial charge is 0.505 e. The molecule has 2 aromatic heterocycles. The van der Waals surface area contributed by atoms with Crippen LogP contribution in [0.2, 0.25) is 0 Å². The number of aromatic nitrogens is 3. The summed E-state index contributed by atoms with van der Waals surface area (Å²) in [6.45, 7) is 0. The van der Waals surface area contributed by atoms with Crippen molar-refractivity contribution in [2.45, 2.75) is 0 Å². The molecule has 0 aliphatic heterocycles. The first-order valence-corrected chi connectivity index (χ1v) is 5.06. The molecular formula is C10H12N4O4. The summed E-state index contributed by atoms with van der Waals surface area (Å²) in [5.41, 5.74) is 3.09. The molecule has 8 nitrogen and oxygen atoms in total. The highest BCUT2D eigenvalue weighted by atomic mass is 16.3. The summed E-state index contributed by atoms with van der Waals surface area (Å²) < 4.78 is 3.01. The summed E-state index contributed by atoms with van der Waals surface area (Å²) in [4.78, 5) is 35.4. The van der Waals surface area contributed by atoms with Gasteiger partial charge < -0.3 is 10.8 Å². The van der Waals surface area contributed by atoms with Crippen molar-refractivity contribution >= 4 is 16.7 Å². The lowest BCUT2D eigenvalue weighted by Crippen LogP contribution is -2.39. The van der Waals surface area contributed by atoms with Gasteiger partial charge >= 0.3 is 5.69 Å². The zero-order valence-electron chi connectivity index (χ0n) is 10.1. The summed E-state index contributed by atoms with van der Waals surface area (Å²) in [5, 5.41) is 9.66. The lowest BCUT2D eigenvalue weighted by Gasteiger charge is -2.13. The number of rotatable bonds is 0. The molecule has 0 saturated heterocycles. The number of pyridine rings is 1. The fourth-order valence-electron chi connectivity index (χ4n) is 1.95. The van der Waals surface area contributed by atoms with Gasteiger partial charge in [0.15, 0.2) is 5.75 Å². The van der Waals surface area contributed by atoms with Crippen molar-refractivity contribution in [2.75, 3.05) is 5.73 Å². The van der Waals surface area contributed by atoms with E-state index in [1.807, 2.05) is 0 Å². The van der Waals surface area contributed by atoms with Crippen LogP contribution in [-0.2, 0) is 21.1 Å². The molecule has 0 amide bonds. The third kappa shape index (κ3) is 1.22. The number of hydrogen-bond donors (Lipinski definition) is 2. The summed E-state index contributed by atoms with van der Waals surface area (Å²) in [6, 6.07) is 0. The Bertz CT molecular complexity index is 832. The molecule has 0 bridgehead atoms. The van der Waals surface area contributed by atoms with Crippen molar-refractivity contribution in [3.8, 4) is 5.75 Å². The number of nitrogens with two attached hydrogens (primary N) is 1. The molecule has 0 fully saturated rings. The molecule has 0 atom stereocenters. The van der Waals surface area contributed by atoms with Gasteiger partial charge in [0, 0.05) is 21.1 Å². The van der Waals surface area contributed by atoms with Crippen LogP contribution in [0.3, 0.4) is 0 Å². The minimum Gasteiger partial charge on any atom is -0.505 e. The zero-order chi connectivity index (χ0) is 13.8. The summed E-state index contributed by atoms with van der Waals surface area (Å²) >= 11 is 0. The molecule has 2 heterocycles. The molecule has 2 rings (SSSR count). The first-order chi connectivity index (χ1) is 8.29. The highest BCUT2D eigenvalue weighted by Crippen LogP contribution is 2.22. The number of aryl methyl sites for hydroxylation is 2. The molecule has 0 unspecified atom stereocenters. The highest BCUT2D eigenvalue weighted by Gasteiger charge is 2.19. The third-order valence-corrected chi connectivity index (χ3v) is 2.98. The summed E-state index contributed by atoms with van der Waals surface area (Å²) in [7, 11) is 4.06. The van der Waals surface area contributed by atoms with E-state index in [1.165, 1.54) is 21.1 Å². The molecule has 0 aromatic carbocycles. The molecule has 18 heavy (non-hydrogen) atoms. The molecule has 0 aliphatic rings. The minimum atomic E-state index is -0.701. The molecular weight excluding hydrogens is 240 g/mol. The van der Waals surface area contributed by atoms with Crippen molar-refractivity contribution in [3.63, 3.8) is 0 Å². The number of nitrogens with zero attached hydrogens (tertiary/aromatic N) is 3. The Morgan fingerprint density at radius 3 is 2.06 bits per heavy atom. The van der Waals surface area contributed by atoms with Gasteiger partial charge in [-0.05, 0) is 0 Å². The number of nitrogen functional groups attached to an aromatic ring is 1. The average molecular weight is 252 g/mol. The molecule has 0 radical (unpaired) electrons. The number of aromatic hydroxyl groups is 1. The van der Waals surface area contributed by atoms with Crippen molar-refractivity contribution in [3.05, 3.63) is 31.2 Å². The van der Waals surface area contributed by atoms with E-state index >= 15 is 0 Å². The predicted octanol–water partition coefficient (Wildman–Crippen LogP) is -1.78. The fourth-order valence-corrected chi connectivity index (χ4v) is 1.95. The van der Waals surface area contributed by atoms with Crippen LogP contribution in [0.4, 0.5) is 5.69 Å². The maximum absolute atomic E-state index is 12.0. The van der Waals surface area contributed by atoms with E-state index < -0.39 is 28.2 Å². The van der Waals surface area contributed by atoms with Gasteiger partial charge in [0.25, 0.3) is 11.1 Å². The van der Waals surface area contributed by atoms with Gasteiger partial charge in [0.1, 0.15) is 16.7 Å². The van der Waals surface area contributed by atoms with E-state index in [1.54, 1.807) is 0 Å². The minimum absolute atomic E-state index is 0.0276. The summed E-state index contributed by atoms with van der Waals surface area (Å²) in [5.74, 6) is -0.593. The lowest BCUT2D eigenvalue weighted by molar-refractivity contribution is 0.480. The van der Waals surface area contributed by atoms with E-state index in [0.29, 0.717) is 0 Å². The SMILES string of the molecule is Cn1c(=O)c2c(O)c(N)c(=O)n(C)c2n(C)c1=O. The van der Waals surface area contributed by atoms with Crippen LogP contribution in [0.5, 0.6) is 5.75 Å². The lowest BCUT2D eigenvalue weighted by atomic mass is 10.2. The number of anilines is 1. The highest BCUT2D eigenvalue weighted by molar-refractivity contribution is 5.86. The molecule has 0 aliphatic carbocycles. The Morgan fingerprint density at radius 2 is 1.50 bits per heavy atom. The molecule has 2 aromatic rings. The van der Waals surface area contributed by atoms with Crippen LogP contribution in [0.25, 0.3) is 11.0 Å². The topological polar surface area (TPSA) is 112 Å². The van der Waals surface area contributed by atoms with Gasteiger partial charge in [-0.25, -0.2) is 4.79 Å². The second-order valence-electron chi connectivity index (χ2n) is 4.03. The van der Waals surface area contributed by atoms with Crippen molar-refractivity contribution in [1.82, 2.24) is 13.7 Å². The zero-order valence-corrected chi connectivity index (χ0v) is 10.1. The van der Waals surface area contributed by atoms with Crippen molar-refractivity contribution < 1.29 is 5.11 Å². The first kappa shape index (κ1) is 12.0. The standard InChI is InChI=1S/C10H12N4O4/c1-12-7-4(6(15)5(11)9(12)17)8(16)14(3)10(18)13(7)2/h15H,11H2,1-3H3. The maximum atomic E-state index is 12.0. The predicted molar refractivity (Wildman–Crippen MR) is 65.7 cm³/mol. The second-order valence-corrected chi connectivity index (χ2v) is 4.03. The molecule has 8 heteroatoms. The van der Waals surface area contributed by atoms with E-state index in [2.05, 4.69) is 0 Å². The van der Waals surface area contributed by atoms with Gasteiger partial charge in [-0.1, -0.05) is 0 Å². The van der Waals surface area contributed by atoms with E-state index in [9.17, 15) is 19.5 Å². The number of hydrogen-bond acceptors (Lipinski definition) is 5. The smallest absolute Gasteiger partial charge is 0.332 e. The van der Waals surface area contributed by atoms with Crippen LogP contribution in [0.15, 0.2) is 14.4 Å². The van der Waals surface area contributed by atoms with Gasteiger partial charge in [0.05, 0.1) is 0 Å². The average Bonchev–Trinajstić information content (AvgIpc) is 2.35. The maximum Gasteiger partial charge on any atom is 0.332 e. The number of fused-ring (bicyclic) bond motifs is 1. The summed E-state index contributed by atoms with van der Waals surface area (Å²) in [6.07, 6.45) is 0. The van der Waals surface area contributed by atoms with Crippen molar-refractivity contribution in [1.29, 1.82) is 0 Å². The van der Waals surface area contributed by atoms with Gasteiger partial charge in [0.2, 0.25) is 0 Å². The second kappa shape index (κ2) is 3.49. The van der Waals surface area contributed by atoms with E-state index in [0.717, 1.165) is 13.7 Å². The third-order valence-electron chi connectivity index (χ3n) is 2.98. The Labute approximate surface area is 100 Å². The van der Waals surface area contributed by atoms with Gasteiger partial charge in [-0.3, -0.25) is 23.3 Å². The van der Waals surface area contributed by atoms with Crippen LogP contribution < -0.4 is 22.5 Å². The quantitative estimate of drug-likeness (QED) is 0.576. The van der Waals surface area contributed by atoms with Gasteiger partial charge in [-0.15, -0.1) is 0 Å². The Hall–Kier alpha value is -2.51. The monoisotopic (exact) mass is 252 g/mol. The Morgan fingerprint density at radius 1 is 0.944 bits per heavy atom. The molecule has 96 valence electrons.